The van der Waals surface area contributed by atoms with Crippen LogP contribution in [0.5, 0.6) is 11.6 Å². The molecule has 0 spiro atoms. The van der Waals surface area contributed by atoms with E-state index in [2.05, 4.69) is 10.3 Å². The van der Waals surface area contributed by atoms with E-state index in [1.54, 1.807) is 37.3 Å². The fourth-order valence-electron chi connectivity index (χ4n) is 4.15. The van der Waals surface area contributed by atoms with E-state index < -0.39 is 20.5 Å². The van der Waals surface area contributed by atoms with Crippen molar-refractivity contribution in [2.24, 2.45) is 0 Å². The SMILES string of the molecule is Cc1cc(Oc2ncccc2C#N)ccc1NC(=O)C1(S(=O)(=O)c2ccc(Cl)cc2)CCCC1. The molecule has 0 radical (unpaired) electrons. The summed E-state index contributed by atoms with van der Waals surface area (Å²) in [6, 6.07) is 16.2. The topological polar surface area (TPSA) is 109 Å². The summed E-state index contributed by atoms with van der Waals surface area (Å²) in [7, 11) is -3.94. The zero-order chi connectivity index (χ0) is 24.3. The smallest absolute Gasteiger partial charge is 0.246 e. The molecule has 1 fully saturated rings. The standard InChI is InChI=1S/C25H22ClN3O4S/c1-17-15-20(33-23-18(16-27)5-4-14-28-23)8-11-22(17)29-24(30)25(12-2-3-13-25)34(31,32)21-9-6-19(26)7-10-21/h4-11,14-15H,2-3,12-13H2,1H3,(H,29,30). The van der Waals surface area contributed by atoms with Gasteiger partial charge in [-0.3, -0.25) is 4.79 Å². The van der Waals surface area contributed by atoms with Gasteiger partial charge in [0.2, 0.25) is 11.8 Å². The number of nitriles is 1. The van der Waals surface area contributed by atoms with Crippen LogP contribution >= 0.6 is 11.6 Å². The van der Waals surface area contributed by atoms with Crippen LogP contribution in [0.15, 0.2) is 65.7 Å². The number of amides is 1. The lowest BCUT2D eigenvalue weighted by Gasteiger charge is -2.28. The molecule has 1 heterocycles. The van der Waals surface area contributed by atoms with E-state index in [0.29, 0.717) is 40.4 Å². The highest BCUT2D eigenvalue weighted by molar-refractivity contribution is 7.93. The first-order valence-electron chi connectivity index (χ1n) is 10.7. The summed E-state index contributed by atoms with van der Waals surface area (Å²) in [6.07, 6.45) is 3.33. The molecule has 1 aromatic heterocycles. The first-order valence-corrected chi connectivity index (χ1v) is 12.6. The van der Waals surface area contributed by atoms with Crippen LogP contribution in [0.2, 0.25) is 5.02 Å². The predicted octanol–water partition coefficient (Wildman–Crippen LogP) is 5.43. The summed E-state index contributed by atoms with van der Waals surface area (Å²) in [5.74, 6) is 0.0726. The number of hydrogen-bond donors (Lipinski definition) is 1. The Balaban J connectivity index is 1.59. The van der Waals surface area contributed by atoms with Gasteiger partial charge in [0.15, 0.2) is 14.6 Å². The maximum Gasteiger partial charge on any atom is 0.246 e. The molecule has 174 valence electrons. The first-order chi connectivity index (χ1) is 16.3. The number of halogens is 1. The summed E-state index contributed by atoms with van der Waals surface area (Å²) in [4.78, 5) is 17.6. The van der Waals surface area contributed by atoms with Gasteiger partial charge in [-0.25, -0.2) is 13.4 Å². The Morgan fingerprint density at radius 3 is 2.50 bits per heavy atom. The van der Waals surface area contributed by atoms with Crippen molar-refractivity contribution in [3.63, 3.8) is 0 Å². The highest BCUT2D eigenvalue weighted by Gasteiger charge is 2.53. The van der Waals surface area contributed by atoms with Crippen molar-refractivity contribution in [2.75, 3.05) is 5.32 Å². The molecule has 0 unspecified atom stereocenters. The van der Waals surface area contributed by atoms with Crippen molar-refractivity contribution in [1.29, 1.82) is 5.26 Å². The van der Waals surface area contributed by atoms with Gasteiger partial charge in [-0.15, -0.1) is 0 Å². The molecule has 3 aromatic rings. The number of sulfone groups is 1. The molecule has 0 atom stereocenters. The molecule has 0 saturated heterocycles. The molecule has 9 heteroatoms. The number of aryl methyl sites for hydroxylation is 1. The molecule has 0 bridgehead atoms. The zero-order valence-corrected chi connectivity index (χ0v) is 20.0. The van der Waals surface area contributed by atoms with Crippen molar-refractivity contribution in [3.8, 4) is 17.7 Å². The second-order valence-corrected chi connectivity index (χ2v) is 10.9. The van der Waals surface area contributed by atoms with Crippen LogP contribution in [0.3, 0.4) is 0 Å². The lowest BCUT2D eigenvalue weighted by atomic mass is 10.1. The minimum absolute atomic E-state index is 0.0816. The number of anilines is 1. The summed E-state index contributed by atoms with van der Waals surface area (Å²) < 4.78 is 31.3. The van der Waals surface area contributed by atoms with Crippen LogP contribution in [-0.2, 0) is 14.6 Å². The summed E-state index contributed by atoms with van der Waals surface area (Å²) >= 11 is 5.92. The number of ether oxygens (including phenoxy) is 1. The van der Waals surface area contributed by atoms with Gasteiger partial charge in [-0.2, -0.15) is 5.26 Å². The summed E-state index contributed by atoms with van der Waals surface area (Å²) in [5, 5.41) is 12.5. The number of aromatic nitrogens is 1. The van der Waals surface area contributed by atoms with Crippen molar-refractivity contribution < 1.29 is 17.9 Å². The maximum atomic E-state index is 13.5. The summed E-state index contributed by atoms with van der Waals surface area (Å²) in [5.41, 5.74) is 1.46. The number of rotatable bonds is 6. The van der Waals surface area contributed by atoms with Crippen LogP contribution in [0, 0.1) is 18.3 Å². The molecule has 4 rings (SSSR count). The van der Waals surface area contributed by atoms with Gasteiger partial charge in [-0.1, -0.05) is 24.4 Å². The van der Waals surface area contributed by atoms with Gasteiger partial charge in [-0.05, 0) is 79.9 Å². The zero-order valence-electron chi connectivity index (χ0n) is 18.4. The molecule has 1 saturated carbocycles. The van der Waals surface area contributed by atoms with E-state index in [0.717, 1.165) is 0 Å². The third kappa shape index (κ3) is 4.37. The Kier molecular flexibility index (Phi) is 6.60. The van der Waals surface area contributed by atoms with E-state index >= 15 is 0 Å². The minimum Gasteiger partial charge on any atom is -0.438 e. The van der Waals surface area contributed by atoms with E-state index in [1.165, 1.54) is 30.5 Å². The Morgan fingerprint density at radius 2 is 1.85 bits per heavy atom. The Morgan fingerprint density at radius 1 is 1.15 bits per heavy atom. The normalized spacial score (nSPS) is 14.9. The highest BCUT2D eigenvalue weighted by Crippen LogP contribution is 2.42. The number of hydrogen-bond acceptors (Lipinski definition) is 6. The van der Waals surface area contributed by atoms with E-state index in [4.69, 9.17) is 16.3 Å². The summed E-state index contributed by atoms with van der Waals surface area (Å²) in [6.45, 7) is 1.78. The number of benzene rings is 2. The van der Waals surface area contributed by atoms with Gasteiger partial charge >= 0.3 is 0 Å². The van der Waals surface area contributed by atoms with E-state index in [-0.39, 0.29) is 23.6 Å². The van der Waals surface area contributed by atoms with Crippen molar-refractivity contribution >= 4 is 33.0 Å². The number of carbonyl (C=O) groups is 1. The van der Waals surface area contributed by atoms with Gasteiger partial charge in [0.1, 0.15) is 17.4 Å². The number of pyridine rings is 1. The number of nitrogens with one attached hydrogen (secondary N) is 1. The molecule has 34 heavy (non-hydrogen) atoms. The van der Waals surface area contributed by atoms with Crippen molar-refractivity contribution in [3.05, 3.63) is 76.9 Å². The fourth-order valence-corrected chi connectivity index (χ4v) is 6.34. The predicted molar refractivity (Wildman–Crippen MR) is 129 cm³/mol. The molecule has 1 aliphatic rings. The van der Waals surface area contributed by atoms with E-state index in [1.807, 2.05) is 6.07 Å². The average Bonchev–Trinajstić information content (AvgIpc) is 3.34. The average molecular weight is 496 g/mol. The van der Waals surface area contributed by atoms with Crippen LogP contribution in [0.4, 0.5) is 5.69 Å². The number of nitrogens with zero attached hydrogens (tertiary/aromatic N) is 2. The molecule has 1 amide bonds. The first kappa shape index (κ1) is 23.7. The van der Waals surface area contributed by atoms with Crippen molar-refractivity contribution in [1.82, 2.24) is 4.98 Å². The lowest BCUT2D eigenvalue weighted by molar-refractivity contribution is -0.118. The largest absolute Gasteiger partial charge is 0.438 e. The van der Waals surface area contributed by atoms with Crippen LogP contribution in [-0.4, -0.2) is 24.1 Å². The Labute approximate surface area is 203 Å². The molecule has 7 nitrogen and oxygen atoms in total. The molecular formula is C25H22ClN3O4S. The van der Waals surface area contributed by atoms with Gasteiger partial charge in [0.05, 0.1) is 4.90 Å². The van der Waals surface area contributed by atoms with Crippen LogP contribution in [0.25, 0.3) is 0 Å². The third-order valence-corrected chi connectivity index (χ3v) is 8.78. The molecule has 0 aliphatic heterocycles. The quantitative estimate of drug-likeness (QED) is 0.488. The Bertz CT molecular complexity index is 1380. The van der Waals surface area contributed by atoms with Crippen molar-refractivity contribution in [2.45, 2.75) is 42.2 Å². The minimum atomic E-state index is -3.94. The fraction of sp³-hybridized carbons (Fsp3) is 0.240. The molecule has 1 aliphatic carbocycles. The van der Waals surface area contributed by atoms with Crippen LogP contribution < -0.4 is 10.1 Å². The highest BCUT2D eigenvalue weighted by atomic mass is 35.5. The van der Waals surface area contributed by atoms with E-state index in [9.17, 15) is 18.5 Å². The monoisotopic (exact) mass is 495 g/mol. The van der Waals surface area contributed by atoms with Crippen LogP contribution in [0.1, 0.15) is 36.8 Å². The maximum absolute atomic E-state index is 13.5. The second kappa shape index (κ2) is 9.45. The molecule has 2 aromatic carbocycles. The third-order valence-electron chi connectivity index (χ3n) is 6.02. The second-order valence-electron chi connectivity index (χ2n) is 8.16. The van der Waals surface area contributed by atoms with Gasteiger partial charge in [0.25, 0.3) is 0 Å². The van der Waals surface area contributed by atoms with Gasteiger partial charge < -0.3 is 10.1 Å². The molecule has 1 N–H and O–H groups in total. The lowest BCUT2D eigenvalue weighted by Crippen LogP contribution is -2.47. The Hall–Kier alpha value is -3.41. The number of carbonyl (C=O) groups excluding carboxylic acids is 1. The molecular weight excluding hydrogens is 474 g/mol. The van der Waals surface area contributed by atoms with Gasteiger partial charge in [0, 0.05) is 16.9 Å².